The number of piperidine rings is 1. The maximum Gasteiger partial charge on any atom is 0.253 e. The first-order valence-corrected chi connectivity index (χ1v) is 12.8. The van der Waals surface area contributed by atoms with Crippen molar-refractivity contribution in [2.75, 3.05) is 33.2 Å². The molecule has 2 aliphatic rings. The van der Waals surface area contributed by atoms with Crippen LogP contribution in [0, 0.1) is 5.92 Å². The minimum atomic E-state index is -0.196. The number of carbonyl (C=O) groups excluding carboxylic acids is 3. The molecule has 1 unspecified atom stereocenters. The van der Waals surface area contributed by atoms with Crippen LogP contribution in [0.4, 0.5) is 0 Å². The smallest absolute Gasteiger partial charge is 0.253 e. The molecule has 2 saturated heterocycles. The van der Waals surface area contributed by atoms with Crippen LogP contribution in [0.1, 0.15) is 41.6 Å². The summed E-state index contributed by atoms with van der Waals surface area (Å²) in [5.74, 6) is -0.393. The molecule has 0 aromatic heterocycles. The van der Waals surface area contributed by atoms with Crippen LogP contribution in [0.2, 0.25) is 15.1 Å². The van der Waals surface area contributed by atoms with Gasteiger partial charge in [0.2, 0.25) is 11.8 Å². The highest BCUT2D eigenvalue weighted by atomic mass is 35.5. The Morgan fingerprint density at radius 2 is 1.57 bits per heavy atom. The number of hydrogen-bond donors (Lipinski definition) is 0. The Morgan fingerprint density at radius 1 is 0.886 bits per heavy atom. The fraction of sp³-hybridized carbons (Fsp3) is 0.423. The van der Waals surface area contributed by atoms with E-state index in [0.29, 0.717) is 59.7 Å². The van der Waals surface area contributed by atoms with Gasteiger partial charge in [-0.25, -0.2) is 0 Å². The summed E-state index contributed by atoms with van der Waals surface area (Å²) in [6, 6.07) is 12.2. The van der Waals surface area contributed by atoms with Gasteiger partial charge >= 0.3 is 0 Å². The highest BCUT2D eigenvalue weighted by Gasteiger charge is 2.40. The Kier molecular flexibility index (Phi) is 7.94. The highest BCUT2D eigenvalue weighted by molar-refractivity contribution is 6.42. The van der Waals surface area contributed by atoms with E-state index in [-0.39, 0.29) is 35.6 Å². The van der Waals surface area contributed by atoms with E-state index >= 15 is 0 Å². The normalized spacial score (nSPS) is 22.3. The van der Waals surface area contributed by atoms with Crippen molar-refractivity contribution in [3.63, 3.8) is 0 Å². The first-order chi connectivity index (χ1) is 16.7. The summed E-state index contributed by atoms with van der Waals surface area (Å²) < 4.78 is 0. The Bertz CT molecular complexity index is 1120. The molecule has 3 amide bonds. The second-order valence-corrected chi connectivity index (χ2v) is 10.5. The van der Waals surface area contributed by atoms with Gasteiger partial charge < -0.3 is 14.7 Å². The van der Waals surface area contributed by atoms with Gasteiger partial charge in [0.05, 0.1) is 16.0 Å². The summed E-state index contributed by atoms with van der Waals surface area (Å²) in [6.07, 6.45) is 1.29. The Labute approximate surface area is 220 Å². The number of nitrogens with zero attached hydrogens (tertiary/aromatic N) is 3. The third-order valence-corrected chi connectivity index (χ3v) is 8.14. The van der Waals surface area contributed by atoms with E-state index in [1.807, 2.05) is 17.0 Å². The van der Waals surface area contributed by atoms with E-state index in [1.54, 1.807) is 47.2 Å². The average Bonchev–Trinajstić information content (AvgIpc) is 3.35. The maximum absolute atomic E-state index is 13.4. The molecule has 2 heterocycles. The molecule has 2 aromatic carbocycles. The summed E-state index contributed by atoms with van der Waals surface area (Å²) >= 11 is 18.5. The van der Waals surface area contributed by atoms with Gasteiger partial charge in [-0.2, -0.15) is 0 Å². The number of likely N-dealkylation sites (tertiary alicyclic amines) is 2. The van der Waals surface area contributed by atoms with E-state index in [0.717, 1.165) is 5.56 Å². The number of halogens is 3. The lowest BCUT2D eigenvalue weighted by Crippen LogP contribution is -2.53. The third-order valence-electron chi connectivity index (χ3n) is 7.15. The zero-order valence-electron chi connectivity index (χ0n) is 19.7. The quantitative estimate of drug-likeness (QED) is 0.554. The molecule has 35 heavy (non-hydrogen) atoms. The van der Waals surface area contributed by atoms with Crippen molar-refractivity contribution in [1.82, 2.24) is 14.7 Å². The zero-order valence-corrected chi connectivity index (χ0v) is 22.0. The van der Waals surface area contributed by atoms with Gasteiger partial charge in [-0.15, -0.1) is 0 Å². The second kappa shape index (κ2) is 10.8. The molecular formula is C26H28Cl3N3O3. The van der Waals surface area contributed by atoms with Gasteiger partial charge in [-0.1, -0.05) is 40.9 Å². The molecule has 186 valence electrons. The van der Waals surface area contributed by atoms with Crippen molar-refractivity contribution in [2.24, 2.45) is 5.92 Å². The molecule has 0 bridgehead atoms. The Hall–Kier alpha value is -2.28. The van der Waals surface area contributed by atoms with Gasteiger partial charge in [0.1, 0.15) is 0 Å². The van der Waals surface area contributed by atoms with E-state index in [2.05, 4.69) is 0 Å². The molecule has 9 heteroatoms. The van der Waals surface area contributed by atoms with E-state index in [4.69, 9.17) is 34.8 Å². The third kappa shape index (κ3) is 5.60. The number of amides is 3. The summed E-state index contributed by atoms with van der Waals surface area (Å²) in [7, 11) is 1.80. The number of carbonyl (C=O) groups is 3. The molecule has 2 aliphatic heterocycles. The number of hydrogen-bond acceptors (Lipinski definition) is 3. The van der Waals surface area contributed by atoms with Gasteiger partial charge in [-0.05, 0) is 54.8 Å². The monoisotopic (exact) mass is 535 g/mol. The van der Waals surface area contributed by atoms with Crippen molar-refractivity contribution >= 4 is 52.5 Å². The van der Waals surface area contributed by atoms with Gasteiger partial charge in [0, 0.05) is 62.7 Å². The van der Waals surface area contributed by atoms with Gasteiger partial charge in [0.25, 0.3) is 5.91 Å². The molecule has 0 N–H and O–H groups in total. The SMILES string of the molecule is CC(=O)N1CCC(C(=O)N2CC[C@@H](N(C)C(=O)c3ccc(Cl)cc3)[C@H](c3ccc(Cl)c(Cl)c3)C2)C1. The number of rotatable bonds is 4. The van der Waals surface area contributed by atoms with Crippen LogP contribution in [0.3, 0.4) is 0 Å². The molecule has 2 aromatic rings. The summed E-state index contributed by atoms with van der Waals surface area (Å²) in [5, 5.41) is 1.46. The largest absolute Gasteiger partial charge is 0.342 e. The molecule has 4 rings (SSSR count). The lowest BCUT2D eigenvalue weighted by Gasteiger charge is -2.43. The molecular weight excluding hydrogens is 509 g/mol. The molecule has 0 spiro atoms. The molecule has 0 radical (unpaired) electrons. The van der Waals surface area contributed by atoms with E-state index in [1.165, 1.54) is 6.92 Å². The molecule has 6 nitrogen and oxygen atoms in total. The minimum absolute atomic E-state index is 0.00460. The fourth-order valence-electron chi connectivity index (χ4n) is 5.13. The van der Waals surface area contributed by atoms with Crippen LogP contribution in [0.5, 0.6) is 0 Å². The molecule has 0 saturated carbocycles. The lowest BCUT2D eigenvalue weighted by atomic mass is 9.84. The lowest BCUT2D eigenvalue weighted by molar-refractivity contribution is -0.137. The van der Waals surface area contributed by atoms with E-state index < -0.39 is 0 Å². The first kappa shape index (κ1) is 25.8. The van der Waals surface area contributed by atoms with Gasteiger partial charge in [0.15, 0.2) is 0 Å². The van der Waals surface area contributed by atoms with Crippen molar-refractivity contribution in [1.29, 1.82) is 0 Å². The molecule has 0 aliphatic carbocycles. The van der Waals surface area contributed by atoms with Crippen LogP contribution < -0.4 is 0 Å². The Morgan fingerprint density at radius 3 is 2.20 bits per heavy atom. The average molecular weight is 537 g/mol. The topological polar surface area (TPSA) is 60.9 Å². The fourth-order valence-corrected chi connectivity index (χ4v) is 5.56. The standard InChI is InChI=1S/C26H28Cl3N3O3/c1-16(33)31-11-9-19(14-31)26(35)32-12-10-24(21(15-32)18-5-8-22(28)23(29)13-18)30(2)25(34)17-3-6-20(27)7-4-17/h3-8,13,19,21,24H,9-12,14-15H2,1-2H3/t19?,21-,24+/m0/s1. The summed E-state index contributed by atoms with van der Waals surface area (Å²) in [6.45, 7) is 3.59. The molecule has 2 fully saturated rings. The van der Waals surface area contributed by atoms with Crippen LogP contribution in [0.15, 0.2) is 42.5 Å². The summed E-state index contributed by atoms with van der Waals surface area (Å²) in [5.41, 5.74) is 1.48. The molecule has 3 atom stereocenters. The summed E-state index contributed by atoms with van der Waals surface area (Å²) in [4.78, 5) is 43.8. The van der Waals surface area contributed by atoms with E-state index in [9.17, 15) is 14.4 Å². The first-order valence-electron chi connectivity index (χ1n) is 11.7. The van der Waals surface area contributed by atoms with Crippen molar-refractivity contribution in [3.8, 4) is 0 Å². The highest BCUT2D eigenvalue weighted by Crippen LogP contribution is 2.35. The van der Waals surface area contributed by atoms with Crippen molar-refractivity contribution in [3.05, 3.63) is 68.7 Å². The zero-order chi connectivity index (χ0) is 25.3. The second-order valence-electron chi connectivity index (χ2n) is 9.29. The predicted molar refractivity (Wildman–Crippen MR) is 138 cm³/mol. The predicted octanol–water partition coefficient (Wildman–Crippen LogP) is 4.97. The minimum Gasteiger partial charge on any atom is -0.342 e. The van der Waals surface area contributed by atoms with Crippen molar-refractivity contribution < 1.29 is 14.4 Å². The van der Waals surface area contributed by atoms with Crippen LogP contribution >= 0.6 is 34.8 Å². The van der Waals surface area contributed by atoms with Gasteiger partial charge in [-0.3, -0.25) is 14.4 Å². The number of benzene rings is 2. The Balaban J connectivity index is 1.58. The van der Waals surface area contributed by atoms with Crippen molar-refractivity contribution in [2.45, 2.75) is 31.7 Å². The van der Waals surface area contributed by atoms with Crippen LogP contribution in [-0.4, -0.2) is 71.7 Å². The number of likely N-dealkylation sites (N-methyl/N-ethyl adjacent to an activating group) is 1. The maximum atomic E-state index is 13.4. The van der Waals surface area contributed by atoms with Crippen LogP contribution in [0.25, 0.3) is 0 Å². The van der Waals surface area contributed by atoms with Crippen LogP contribution in [-0.2, 0) is 9.59 Å².